The number of aromatic nitrogens is 1. The molecular formula is C9H13N3O2. The van der Waals surface area contributed by atoms with Crippen LogP contribution in [0.5, 0.6) is 0 Å². The first-order valence-electron chi connectivity index (χ1n) is 4.68. The molecule has 2 N–H and O–H groups in total. The van der Waals surface area contributed by atoms with Crippen molar-refractivity contribution in [3.8, 4) is 0 Å². The van der Waals surface area contributed by atoms with E-state index in [1.54, 1.807) is 6.07 Å². The van der Waals surface area contributed by atoms with Crippen LogP contribution in [0.3, 0.4) is 0 Å². The number of amides is 1. The highest BCUT2D eigenvalue weighted by Gasteiger charge is 2.36. The zero-order chi connectivity index (χ0) is 10.0. The lowest BCUT2D eigenvalue weighted by atomic mass is 9.99. The Morgan fingerprint density at radius 2 is 2.64 bits per heavy atom. The van der Waals surface area contributed by atoms with Gasteiger partial charge in [-0.25, -0.2) is 0 Å². The average Bonchev–Trinajstić information content (AvgIpc) is 2.76. The molecule has 1 fully saturated rings. The van der Waals surface area contributed by atoms with Gasteiger partial charge in [0.25, 0.3) is 0 Å². The molecule has 14 heavy (non-hydrogen) atoms. The third-order valence-electron chi connectivity index (χ3n) is 2.55. The Bertz CT molecular complexity index is 315. The van der Waals surface area contributed by atoms with Crippen LogP contribution in [-0.2, 0) is 4.79 Å². The van der Waals surface area contributed by atoms with Crippen molar-refractivity contribution in [2.45, 2.75) is 25.3 Å². The Balaban J connectivity index is 2.02. The highest BCUT2D eigenvalue weighted by molar-refractivity contribution is 5.97. The number of hydrogen-bond donors (Lipinski definition) is 2. The molecule has 2 rings (SSSR count). The van der Waals surface area contributed by atoms with Crippen molar-refractivity contribution in [1.82, 2.24) is 10.5 Å². The van der Waals surface area contributed by atoms with Gasteiger partial charge in [0.15, 0.2) is 5.82 Å². The van der Waals surface area contributed by atoms with Crippen LogP contribution in [0.1, 0.15) is 19.8 Å². The van der Waals surface area contributed by atoms with Gasteiger partial charge in [0.1, 0.15) is 6.26 Å². The molecule has 5 nitrogen and oxygen atoms in total. The van der Waals surface area contributed by atoms with E-state index in [1.165, 1.54) is 6.26 Å². The fourth-order valence-corrected chi connectivity index (χ4v) is 1.62. The van der Waals surface area contributed by atoms with Crippen molar-refractivity contribution >= 4 is 11.7 Å². The number of carbonyl (C=O) groups excluding carboxylic acids is 1. The number of rotatable bonds is 2. The van der Waals surface area contributed by atoms with Crippen LogP contribution < -0.4 is 10.6 Å². The molecule has 5 heteroatoms. The molecule has 0 saturated carbocycles. The Hall–Kier alpha value is -1.36. The molecule has 1 unspecified atom stereocenters. The van der Waals surface area contributed by atoms with E-state index in [-0.39, 0.29) is 5.91 Å². The predicted octanol–water partition coefficient (Wildman–Crippen LogP) is 0.755. The lowest BCUT2D eigenvalue weighted by Crippen LogP contribution is -2.48. The number of nitrogens with one attached hydrogen (secondary N) is 2. The van der Waals surface area contributed by atoms with Gasteiger partial charge in [-0.05, 0) is 26.3 Å². The maximum absolute atomic E-state index is 11.8. The first-order chi connectivity index (χ1) is 6.71. The van der Waals surface area contributed by atoms with Crippen LogP contribution in [0.25, 0.3) is 0 Å². The third kappa shape index (κ3) is 1.63. The summed E-state index contributed by atoms with van der Waals surface area (Å²) in [5.74, 6) is 0.411. The SMILES string of the molecule is CC1(C(=O)Nc2ccon2)CCCN1. The summed E-state index contributed by atoms with van der Waals surface area (Å²) in [6, 6.07) is 1.62. The first-order valence-corrected chi connectivity index (χ1v) is 4.68. The monoisotopic (exact) mass is 195 g/mol. The summed E-state index contributed by atoms with van der Waals surface area (Å²) in [6.07, 6.45) is 3.32. The fraction of sp³-hybridized carbons (Fsp3) is 0.556. The van der Waals surface area contributed by atoms with Gasteiger partial charge in [-0.2, -0.15) is 0 Å². The Labute approximate surface area is 81.8 Å². The standard InChI is InChI=1S/C9H13N3O2/c1-9(4-2-5-10-9)8(13)11-7-3-6-14-12-7/h3,6,10H,2,4-5H2,1H3,(H,11,12,13). The van der Waals surface area contributed by atoms with E-state index in [2.05, 4.69) is 20.3 Å². The zero-order valence-corrected chi connectivity index (χ0v) is 8.04. The second-order valence-corrected chi connectivity index (χ2v) is 3.70. The molecule has 1 atom stereocenters. The van der Waals surface area contributed by atoms with Gasteiger partial charge in [-0.3, -0.25) is 4.79 Å². The second-order valence-electron chi connectivity index (χ2n) is 3.70. The lowest BCUT2D eigenvalue weighted by Gasteiger charge is -2.21. The molecular weight excluding hydrogens is 182 g/mol. The molecule has 1 aliphatic rings. The number of hydrogen-bond acceptors (Lipinski definition) is 4. The quantitative estimate of drug-likeness (QED) is 0.731. The van der Waals surface area contributed by atoms with E-state index in [0.29, 0.717) is 5.82 Å². The zero-order valence-electron chi connectivity index (χ0n) is 8.04. The lowest BCUT2D eigenvalue weighted by molar-refractivity contribution is -0.121. The van der Waals surface area contributed by atoms with Gasteiger partial charge < -0.3 is 15.2 Å². The van der Waals surface area contributed by atoms with Crippen LogP contribution >= 0.6 is 0 Å². The Morgan fingerprint density at radius 3 is 3.21 bits per heavy atom. The topological polar surface area (TPSA) is 67.2 Å². The van der Waals surface area contributed by atoms with E-state index < -0.39 is 5.54 Å². The van der Waals surface area contributed by atoms with Crippen LogP contribution in [0.2, 0.25) is 0 Å². The van der Waals surface area contributed by atoms with Crippen molar-refractivity contribution in [2.75, 3.05) is 11.9 Å². The van der Waals surface area contributed by atoms with Crippen LogP contribution in [0, 0.1) is 0 Å². The molecule has 1 aromatic heterocycles. The molecule has 1 aliphatic heterocycles. The second kappa shape index (κ2) is 3.42. The van der Waals surface area contributed by atoms with E-state index >= 15 is 0 Å². The smallest absolute Gasteiger partial charge is 0.245 e. The molecule has 0 aromatic carbocycles. The molecule has 1 saturated heterocycles. The summed E-state index contributed by atoms with van der Waals surface area (Å²) in [5, 5.41) is 9.50. The molecule has 0 aliphatic carbocycles. The van der Waals surface area contributed by atoms with Crippen molar-refractivity contribution in [2.24, 2.45) is 0 Å². The van der Waals surface area contributed by atoms with Gasteiger partial charge >= 0.3 is 0 Å². The van der Waals surface area contributed by atoms with E-state index in [4.69, 9.17) is 0 Å². The summed E-state index contributed by atoms with van der Waals surface area (Å²) in [6.45, 7) is 2.79. The van der Waals surface area contributed by atoms with Crippen LogP contribution in [-0.4, -0.2) is 23.1 Å². The van der Waals surface area contributed by atoms with Gasteiger partial charge in [0, 0.05) is 6.07 Å². The summed E-state index contributed by atoms with van der Waals surface area (Å²) < 4.78 is 4.63. The molecule has 1 aromatic rings. The minimum absolute atomic E-state index is 0.0519. The first kappa shape index (κ1) is 9.21. The van der Waals surface area contributed by atoms with Crippen molar-refractivity contribution in [3.05, 3.63) is 12.3 Å². The minimum Gasteiger partial charge on any atom is -0.363 e. The van der Waals surface area contributed by atoms with Crippen molar-refractivity contribution in [1.29, 1.82) is 0 Å². The summed E-state index contributed by atoms with van der Waals surface area (Å²) in [4.78, 5) is 11.8. The normalized spacial score (nSPS) is 26.4. The van der Waals surface area contributed by atoms with E-state index in [9.17, 15) is 4.79 Å². The Kier molecular flexibility index (Phi) is 2.25. The third-order valence-corrected chi connectivity index (χ3v) is 2.55. The van der Waals surface area contributed by atoms with Crippen molar-refractivity contribution < 1.29 is 9.32 Å². The minimum atomic E-state index is -0.459. The maximum Gasteiger partial charge on any atom is 0.245 e. The van der Waals surface area contributed by atoms with E-state index in [1.807, 2.05) is 6.92 Å². The van der Waals surface area contributed by atoms with Gasteiger partial charge in [0.2, 0.25) is 5.91 Å². The van der Waals surface area contributed by atoms with Crippen LogP contribution in [0.15, 0.2) is 16.9 Å². The molecule has 76 valence electrons. The molecule has 0 spiro atoms. The van der Waals surface area contributed by atoms with Crippen molar-refractivity contribution in [3.63, 3.8) is 0 Å². The average molecular weight is 195 g/mol. The Morgan fingerprint density at radius 1 is 1.79 bits per heavy atom. The largest absolute Gasteiger partial charge is 0.363 e. The number of anilines is 1. The molecule has 1 amide bonds. The number of nitrogens with zero attached hydrogens (tertiary/aromatic N) is 1. The maximum atomic E-state index is 11.8. The predicted molar refractivity (Wildman–Crippen MR) is 50.8 cm³/mol. The summed E-state index contributed by atoms with van der Waals surface area (Å²) in [5.41, 5.74) is -0.459. The van der Waals surface area contributed by atoms with Gasteiger partial charge in [0.05, 0.1) is 5.54 Å². The molecule has 0 radical (unpaired) electrons. The van der Waals surface area contributed by atoms with Crippen LogP contribution in [0.4, 0.5) is 5.82 Å². The molecule has 0 bridgehead atoms. The highest BCUT2D eigenvalue weighted by atomic mass is 16.5. The summed E-state index contributed by atoms with van der Waals surface area (Å²) in [7, 11) is 0. The highest BCUT2D eigenvalue weighted by Crippen LogP contribution is 2.20. The summed E-state index contributed by atoms with van der Waals surface area (Å²) >= 11 is 0. The fourth-order valence-electron chi connectivity index (χ4n) is 1.62. The number of carbonyl (C=O) groups is 1. The van der Waals surface area contributed by atoms with Gasteiger partial charge in [-0.15, -0.1) is 0 Å². The molecule has 2 heterocycles. The van der Waals surface area contributed by atoms with Gasteiger partial charge in [-0.1, -0.05) is 5.16 Å². The van der Waals surface area contributed by atoms with E-state index in [0.717, 1.165) is 19.4 Å².